The summed E-state index contributed by atoms with van der Waals surface area (Å²) in [5.74, 6) is -0.288. The fourth-order valence-corrected chi connectivity index (χ4v) is 4.74. The van der Waals surface area contributed by atoms with Crippen LogP contribution >= 0.6 is 0 Å². The van der Waals surface area contributed by atoms with E-state index < -0.39 is 6.23 Å². The van der Waals surface area contributed by atoms with Gasteiger partial charge in [-0.15, -0.1) is 0 Å². The molecule has 0 saturated heterocycles. The summed E-state index contributed by atoms with van der Waals surface area (Å²) in [4.78, 5) is 16.6. The minimum Gasteiger partial charge on any atom is -0.368 e. The van der Waals surface area contributed by atoms with E-state index in [1.807, 2.05) is 0 Å². The van der Waals surface area contributed by atoms with Gasteiger partial charge in [0.1, 0.15) is 0 Å². The zero-order chi connectivity index (χ0) is 22.3. The molecule has 2 aliphatic rings. The third-order valence-electron chi connectivity index (χ3n) is 6.69. The quantitative estimate of drug-likeness (QED) is 0.420. The second-order valence-corrected chi connectivity index (χ2v) is 9.61. The van der Waals surface area contributed by atoms with Crippen molar-refractivity contribution in [1.29, 1.82) is 0 Å². The molecule has 0 bridgehead atoms. The number of carbonyl (C=O) groups is 1. The van der Waals surface area contributed by atoms with E-state index in [4.69, 9.17) is 4.84 Å². The first-order valence-corrected chi connectivity index (χ1v) is 11.4. The van der Waals surface area contributed by atoms with E-state index >= 15 is 0 Å². The average molecular weight is 416 g/mol. The first-order chi connectivity index (χ1) is 14.2. The van der Waals surface area contributed by atoms with Crippen LogP contribution in [-0.4, -0.2) is 29.4 Å². The maximum Gasteiger partial charge on any atom is 0.273 e. The van der Waals surface area contributed by atoms with Crippen LogP contribution in [0.5, 0.6) is 0 Å². The summed E-state index contributed by atoms with van der Waals surface area (Å²) in [6, 6.07) is 0. The van der Waals surface area contributed by atoms with Gasteiger partial charge in [0, 0.05) is 6.08 Å². The molecular formula is C26H41NO3. The maximum absolute atomic E-state index is 11.7. The van der Waals surface area contributed by atoms with Crippen LogP contribution < -0.4 is 0 Å². The van der Waals surface area contributed by atoms with E-state index in [1.165, 1.54) is 50.0 Å². The molecule has 1 heterocycles. The average Bonchev–Trinajstić information content (AvgIpc) is 2.93. The molecule has 1 aliphatic heterocycles. The molecule has 0 fully saturated rings. The van der Waals surface area contributed by atoms with Crippen LogP contribution in [0.1, 0.15) is 92.4 Å². The Morgan fingerprint density at radius 1 is 1.20 bits per heavy atom. The van der Waals surface area contributed by atoms with Crippen LogP contribution in [-0.2, 0) is 9.63 Å². The van der Waals surface area contributed by atoms with Crippen LogP contribution in [0.15, 0.2) is 46.1 Å². The summed E-state index contributed by atoms with van der Waals surface area (Å²) in [5.41, 5.74) is 7.24. The van der Waals surface area contributed by atoms with Gasteiger partial charge in [-0.25, -0.2) is 0 Å². The molecule has 4 heteroatoms. The Labute approximate surface area is 183 Å². The van der Waals surface area contributed by atoms with Gasteiger partial charge >= 0.3 is 0 Å². The summed E-state index contributed by atoms with van der Waals surface area (Å²) in [6.07, 6.45) is 15.0. The highest BCUT2D eigenvalue weighted by atomic mass is 16.7. The molecule has 0 aromatic heterocycles. The summed E-state index contributed by atoms with van der Waals surface area (Å²) < 4.78 is 0. The number of hydrogen-bond acceptors (Lipinski definition) is 3. The highest BCUT2D eigenvalue weighted by molar-refractivity contribution is 5.90. The predicted octanol–water partition coefficient (Wildman–Crippen LogP) is 6.39. The molecule has 0 aromatic carbocycles. The van der Waals surface area contributed by atoms with Crippen molar-refractivity contribution in [3.05, 3.63) is 46.1 Å². The molecule has 4 nitrogen and oxygen atoms in total. The standard InChI is InChI=1S/C26H41NO3/c1-19(12-8-14-22-18-24(28)27(30-6)25(22)29)10-7-11-20(2)15-16-23-21(3)13-9-17-26(23,4)5/h11-12,18,25,29H,7-10,13-17H2,1-6H3/b19-12+,20-11+. The smallest absolute Gasteiger partial charge is 0.273 e. The lowest BCUT2D eigenvalue weighted by Gasteiger charge is -2.35. The molecule has 1 unspecified atom stereocenters. The van der Waals surface area contributed by atoms with Crippen LogP contribution in [0.2, 0.25) is 0 Å². The fraction of sp³-hybridized carbons (Fsp3) is 0.654. The fourth-order valence-electron chi connectivity index (χ4n) is 4.74. The molecular weight excluding hydrogens is 374 g/mol. The molecule has 0 aromatic rings. The number of amides is 1. The number of allylic oxidation sites excluding steroid dienone is 6. The molecule has 0 saturated carbocycles. The molecule has 1 aliphatic carbocycles. The third-order valence-corrected chi connectivity index (χ3v) is 6.69. The number of aliphatic hydroxyl groups excluding tert-OH is 1. The SMILES string of the molecule is CON1C(=O)C=C(CC/C=C(\C)CC/C=C(\C)CCC2=C(C)CCCC2(C)C)C1O. The van der Waals surface area contributed by atoms with Crippen molar-refractivity contribution in [2.24, 2.45) is 5.41 Å². The lowest BCUT2D eigenvalue weighted by atomic mass is 9.71. The number of carbonyl (C=O) groups excluding carboxylic acids is 1. The number of hydrogen-bond donors (Lipinski definition) is 1. The summed E-state index contributed by atoms with van der Waals surface area (Å²) >= 11 is 0. The van der Waals surface area contributed by atoms with Crippen molar-refractivity contribution in [2.75, 3.05) is 7.11 Å². The number of hydroxylamine groups is 2. The van der Waals surface area contributed by atoms with Crippen LogP contribution in [0, 0.1) is 5.41 Å². The van der Waals surface area contributed by atoms with Crippen molar-refractivity contribution >= 4 is 5.91 Å². The zero-order valence-corrected chi connectivity index (χ0v) is 19.9. The first kappa shape index (κ1) is 24.6. The van der Waals surface area contributed by atoms with E-state index in [0.29, 0.717) is 11.8 Å². The Bertz CT molecular complexity index is 739. The minimum atomic E-state index is -0.949. The summed E-state index contributed by atoms with van der Waals surface area (Å²) in [7, 11) is 1.39. The topological polar surface area (TPSA) is 49.8 Å². The Hall–Kier alpha value is -1.65. The number of rotatable bonds is 10. The van der Waals surface area contributed by atoms with Gasteiger partial charge in [0.25, 0.3) is 5.91 Å². The highest BCUT2D eigenvalue weighted by Gasteiger charge is 2.31. The number of nitrogens with zero attached hydrogens (tertiary/aromatic N) is 1. The van der Waals surface area contributed by atoms with E-state index in [1.54, 1.807) is 11.1 Å². The summed E-state index contributed by atoms with van der Waals surface area (Å²) in [5, 5.41) is 11.1. The predicted molar refractivity (Wildman–Crippen MR) is 123 cm³/mol. The van der Waals surface area contributed by atoms with Crippen molar-refractivity contribution in [2.45, 2.75) is 98.6 Å². The normalized spacial score (nSPS) is 22.8. The van der Waals surface area contributed by atoms with Crippen molar-refractivity contribution in [3.8, 4) is 0 Å². The van der Waals surface area contributed by atoms with Gasteiger partial charge in [-0.3, -0.25) is 9.63 Å². The van der Waals surface area contributed by atoms with Crippen LogP contribution in [0.25, 0.3) is 0 Å². The van der Waals surface area contributed by atoms with Gasteiger partial charge < -0.3 is 5.11 Å². The Balaban J connectivity index is 1.74. The maximum atomic E-state index is 11.7. The monoisotopic (exact) mass is 415 g/mol. The Morgan fingerprint density at radius 2 is 1.87 bits per heavy atom. The van der Waals surface area contributed by atoms with Gasteiger partial charge in [0.2, 0.25) is 0 Å². The van der Waals surface area contributed by atoms with E-state index in [-0.39, 0.29) is 5.91 Å². The van der Waals surface area contributed by atoms with Gasteiger partial charge in [-0.05, 0) is 89.5 Å². The van der Waals surface area contributed by atoms with Crippen molar-refractivity contribution in [1.82, 2.24) is 5.06 Å². The van der Waals surface area contributed by atoms with Gasteiger partial charge in [0.05, 0.1) is 7.11 Å². The zero-order valence-electron chi connectivity index (χ0n) is 19.9. The Morgan fingerprint density at radius 3 is 2.50 bits per heavy atom. The van der Waals surface area contributed by atoms with Gasteiger partial charge in [-0.2, -0.15) is 5.06 Å². The number of aliphatic hydroxyl groups is 1. The highest BCUT2D eigenvalue weighted by Crippen LogP contribution is 2.42. The molecule has 30 heavy (non-hydrogen) atoms. The second-order valence-electron chi connectivity index (χ2n) is 9.61. The molecule has 0 radical (unpaired) electrons. The molecule has 1 atom stereocenters. The second kappa shape index (κ2) is 11.1. The van der Waals surface area contributed by atoms with Crippen molar-refractivity contribution < 1.29 is 14.7 Å². The first-order valence-electron chi connectivity index (χ1n) is 11.4. The third kappa shape index (κ3) is 6.68. The largest absolute Gasteiger partial charge is 0.368 e. The van der Waals surface area contributed by atoms with Gasteiger partial charge in [-0.1, -0.05) is 48.3 Å². The van der Waals surface area contributed by atoms with E-state index in [0.717, 1.165) is 36.3 Å². The molecule has 1 N–H and O–H groups in total. The Kier molecular flexibility index (Phi) is 9.11. The van der Waals surface area contributed by atoms with Crippen LogP contribution in [0.4, 0.5) is 0 Å². The van der Waals surface area contributed by atoms with E-state index in [2.05, 4.69) is 46.8 Å². The molecule has 168 valence electrons. The summed E-state index contributed by atoms with van der Waals surface area (Å²) in [6.45, 7) is 11.6. The lowest BCUT2D eigenvalue weighted by Crippen LogP contribution is -2.33. The molecule has 1 amide bonds. The van der Waals surface area contributed by atoms with Gasteiger partial charge in [0.15, 0.2) is 6.23 Å². The minimum absolute atomic E-state index is 0.288. The lowest BCUT2D eigenvalue weighted by molar-refractivity contribution is -0.201. The van der Waals surface area contributed by atoms with Crippen LogP contribution in [0.3, 0.4) is 0 Å². The molecule has 0 spiro atoms. The van der Waals surface area contributed by atoms with E-state index in [9.17, 15) is 9.90 Å². The van der Waals surface area contributed by atoms with Crippen molar-refractivity contribution in [3.63, 3.8) is 0 Å². The molecule has 2 rings (SSSR count).